The summed E-state index contributed by atoms with van der Waals surface area (Å²) in [5.74, 6) is -0.141. The van der Waals surface area contributed by atoms with Crippen molar-refractivity contribution in [2.75, 3.05) is 6.61 Å². The molecule has 1 amide bonds. The third kappa shape index (κ3) is 31.9. The van der Waals surface area contributed by atoms with E-state index >= 15 is 0 Å². The molecule has 5 nitrogen and oxygen atoms in total. The summed E-state index contributed by atoms with van der Waals surface area (Å²) in [4.78, 5) is 12.4. The molecule has 276 valence electrons. The van der Waals surface area contributed by atoms with Crippen molar-refractivity contribution in [1.29, 1.82) is 0 Å². The van der Waals surface area contributed by atoms with Crippen LogP contribution in [-0.4, -0.2) is 46.1 Å². The topological polar surface area (TPSA) is 89.8 Å². The highest BCUT2D eigenvalue weighted by Crippen LogP contribution is 2.17. The van der Waals surface area contributed by atoms with E-state index < -0.39 is 18.2 Å². The monoisotopic (exact) mass is 654 g/mol. The molecule has 0 aromatic rings. The minimum absolute atomic E-state index is 0.141. The Morgan fingerprint density at radius 1 is 0.457 bits per heavy atom. The summed E-state index contributed by atoms with van der Waals surface area (Å²) in [6.45, 7) is 4.19. The average Bonchev–Trinajstić information content (AvgIpc) is 3.06. The van der Waals surface area contributed by atoms with Crippen molar-refractivity contribution >= 4 is 5.91 Å². The summed E-state index contributed by atoms with van der Waals surface area (Å²) in [5.41, 5.74) is 0. The standard InChI is InChI=1S/C41H83NO4/c1-3-5-7-9-11-13-15-17-19-20-22-24-26-28-30-32-34-36-40(45)42-38(37-43)41(46)39(44)35-33-31-29-27-25-23-21-18-16-14-12-10-8-6-4-2/h38-39,41,43-44,46H,3-37H2,1-2H3,(H,42,45). The normalized spacial score (nSPS) is 13.6. The summed E-state index contributed by atoms with van der Waals surface area (Å²) in [6, 6.07) is -0.801. The minimum atomic E-state index is -1.13. The highest BCUT2D eigenvalue weighted by Gasteiger charge is 2.26. The average molecular weight is 654 g/mol. The zero-order valence-electron chi connectivity index (χ0n) is 31.2. The summed E-state index contributed by atoms with van der Waals surface area (Å²) in [5, 5.41) is 33.5. The Labute approximate surface area is 287 Å². The molecule has 0 saturated heterocycles. The lowest BCUT2D eigenvalue weighted by atomic mass is 9.99. The molecule has 5 heteroatoms. The minimum Gasteiger partial charge on any atom is -0.394 e. The van der Waals surface area contributed by atoms with Gasteiger partial charge < -0.3 is 20.6 Å². The fourth-order valence-corrected chi connectivity index (χ4v) is 6.69. The van der Waals surface area contributed by atoms with E-state index in [2.05, 4.69) is 19.2 Å². The zero-order chi connectivity index (χ0) is 33.8. The molecule has 3 atom stereocenters. The number of amides is 1. The van der Waals surface area contributed by atoms with E-state index in [4.69, 9.17) is 0 Å². The Morgan fingerprint density at radius 2 is 0.739 bits per heavy atom. The summed E-state index contributed by atoms with van der Waals surface area (Å²) < 4.78 is 0. The second-order valence-electron chi connectivity index (χ2n) is 14.6. The van der Waals surface area contributed by atoms with E-state index in [1.807, 2.05) is 0 Å². The van der Waals surface area contributed by atoms with E-state index in [0.29, 0.717) is 12.8 Å². The Balaban J connectivity index is 3.61. The van der Waals surface area contributed by atoms with Crippen LogP contribution in [0.4, 0.5) is 0 Å². The fourth-order valence-electron chi connectivity index (χ4n) is 6.69. The van der Waals surface area contributed by atoms with Gasteiger partial charge >= 0.3 is 0 Å². The predicted molar refractivity (Wildman–Crippen MR) is 199 cm³/mol. The van der Waals surface area contributed by atoms with Gasteiger partial charge in [0.1, 0.15) is 6.10 Å². The van der Waals surface area contributed by atoms with Crippen LogP contribution in [0.25, 0.3) is 0 Å². The zero-order valence-corrected chi connectivity index (χ0v) is 31.2. The van der Waals surface area contributed by atoms with Crippen LogP contribution in [-0.2, 0) is 4.79 Å². The molecule has 0 aliphatic carbocycles. The number of hydrogen-bond donors (Lipinski definition) is 4. The Morgan fingerprint density at radius 3 is 1.04 bits per heavy atom. The van der Waals surface area contributed by atoms with E-state index in [9.17, 15) is 20.1 Å². The number of aliphatic hydroxyl groups excluding tert-OH is 3. The SMILES string of the molecule is CCCCCCCCCCCCCCCCCCCC(=O)NC(CO)C(O)C(O)CCCCCCCCCCCCCCCCC. The predicted octanol–water partition coefficient (Wildman–Crippen LogP) is 11.5. The van der Waals surface area contributed by atoms with Crippen molar-refractivity contribution in [1.82, 2.24) is 5.32 Å². The second-order valence-corrected chi connectivity index (χ2v) is 14.6. The van der Waals surface area contributed by atoms with E-state index in [-0.39, 0.29) is 12.5 Å². The van der Waals surface area contributed by atoms with Crippen molar-refractivity contribution in [2.24, 2.45) is 0 Å². The first kappa shape index (κ1) is 45.3. The molecule has 0 fully saturated rings. The molecule has 0 spiro atoms. The molecule has 0 aliphatic rings. The third-order valence-corrected chi connectivity index (χ3v) is 9.96. The van der Waals surface area contributed by atoms with Crippen LogP contribution < -0.4 is 5.32 Å². The Kier molecular flexibility index (Phi) is 36.6. The maximum absolute atomic E-state index is 12.4. The lowest BCUT2D eigenvalue weighted by molar-refractivity contribution is -0.124. The smallest absolute Gasteiger partial charge is 0.220 e. The van der Waals surface area contributed by atoms with Crippen LogP contribution in [0, 0.1) is 0 Å². The van der Waals surface area contributed by atoms with Crippen LogP contribution in [0.15, 0.2) is 0 Å². The fraction of sp³-hybridized carbons (Fsp3) is 0.976. The van der Waals surface area contributed by atoms with E-state index in [0.717, 1.165) is 32.1 Å². The molecule has 3 unspecified atom stereocenters. The van der Waals surface area contributed by atoms with Gasteiger partial charge in [-0.05, 0) is 12.8 Å². The molecule has 0 aliphatic heterocycles. The van der Waals surface area contributed by atoms with Gasteiger partial charge in [0.2, 0.25) is 5.91 Å². The van der Waals surface area contributed by atoms with Gasteiger partial charge in [0.05, 0.1) is 18.8 Å². The maximum Gasteiger partial charge on any atom is 0.220 e. The molecule has 0 rings (SSSR count). The van der Waals surface area contributed by atoms with Gasteiger partial charge in [-0.25, -0.2) is 0 Å². The number of nitrogens with one attached hydrogen (secondary N) is 1. The first-order valence-electron chi connectivity index (χ1n) is 20.8. The molecule has 0 aromatic heterocycles. The van der Waals surface area contributed by atoms with Crippen molar-refractivity contribution in [3.05, 3.63) is 0 Å². The molecule has 0 heterocycles. The van der Waals surface area contributed by atoms with Crippen LogP contribution in [0.2, 0.25) is 0 Å². The van der Waals surface area contributed by atoms with Gasteiger partial charge in [-0.3, -0.25) is 4.79 Å². The number of unbranched alkanes of at least 4 members (excludes halogenated alkanes) is 30. The van der Waals surface area contributed by atoms with Gasteiger partial charge in [-0.15, -0.1) is 0 Å². The molecule has 0 bridgehead atoms. The van der Waals surface area contributed by atoms with Crippen molar-refractivity contribution in [2.45, 2.75) is 250 Å². The van der Waals surface area contributed by atoms with Crippen LogP contribution in [0.1, 0.15) is 232 Å². The van der Waals surface area contributed by atoms with Crippen molar-refractivity contribution < 1.29 is 20.1 Å². The van der Waals surface area contributed by atoms with Crippen molar-refractivity contribution in [3.8, 4) is 0 Å². The Hall–Kier alpha value is -0.650. The Bertz CT molecular complexity index is 601. The van der Waals surface area contributed by atoms with Gasteiger partial charge in [0, 0.05) is 6.42 Å². The lowest BCUT2D eigenvalue weighted by Crippen LogP contribution is -2.50. The number of carbonyl (C=O) groups is 1. The largest absolute Gasteiger partial charge is 0.394 e. The summed E-state index contributed by atoms with van der Waals surface area (Å²) in [7, 11) is 0. The quantitative estimate of drug-likeness (QED) is 0.0499. The third-order valence-electron chi connectivity index (χ3n) is 9.96. The van der Waals surface area contributed by atoms with Gasteiger partial charge in [0.15, 0.2) is 0 Å². The highest BCUT2D eigenvalue weighted by molar-refractivity contribution is 5.76. The van der Waals surface area contributed by atoms with Gasteiger partial charge in [-0.2, -0.15) is 0 Å². The molecule has 46 heavy (non-hydrogen) atoms. The summed E-state index contributed by atoms with van der Waals surface area (Å²) >= 11 is 0. The van der Waals surface area contributed by atoms with E-state index in [1.165, 1.54) is 173 Å². The highest BCUT2D eigenvalue weighted by atomic mass is 16.3. The number of hydrogen-bond acceptors (Lipinski definition) is 4. The molecular formula is C41H83NO4. The van der Waals surface area contributed by atoms with E-state index in [1.54, 1.807) is 0 Å². The lowest BCUT2D eigenvalue weighted by Gasteiger charge is -2.26. The molecule has 0 radical (unpaired) electrons. The van der Waals surface area contributed by atoms with Crippen LogP contribution in [0.5, 0.6) is 0 Å². The molecule has 0 saturated carbocycles. The second kappa shape index (κ2) is 37.2. The molecular weight excluding hydrogens is 570 g/mol. The first-order valence-corrected chi connectivity index (χ1v) is 20.8. The van der Waals surface area contributed by atoms with Gasteiger partial charge in [-0.1, -0.05) is 213 Å². The van der Waals surface area contributed by atoms with Crippen LogP contribution >= 0.6 is 0 Å². The number of aliphatic hydroxyl groups is 3. The van der Waals surface area contributed by atoms with Crippen molar-refractivity contribution in [3.63, 3.8) is 0 Å². The maximum atomic E-state index is 12.4. The number of rotatable bonds is 38. The first-order chi connectivity index (χ1) is 22.6. The summed E-state index contributed by atoms with van der Waals surface area (Å²) in [6.07, 6.45) is 40.5. The molecule has 0 aromatic carbocycles. The molecule has 4 N–H and O–H groups in total. The van der Waals surface area contributed by atoms with Crippen LogP contribution in [0.3, 0.4) is 0 Å². The number of carbonyl (C=O) groups excluding carboxylic acids is 1. The van der Waals surface area contributed by atoms with Gasteiger partial charge in [0.25, 0.3) is 0 Å².